The van der Waals surface area contributed by atoms with E-state index in [0.29, 0.717) is 5.33 Å². The van der Waals surface area contributed by atoms with E-state index in [9.17, 15) is 13.2 Å². The van der Waals surface area contributed by atoms with Gasteiger partial charge in [0.25, 0.3) is 0 Å². The number of hydrogen-bond donors (Lipinski definition) is 3. The van der Waals surface area contributed by atoms with Crippen molar-refractivity contribution in [2.45, 2.75) is 10.2 Å². The Hall–Kier alpha value is -1.12. The van der Waals surface area contributed by atoms with Crippen LogP contribution in [0.1, 0.15) is 5.56 Å². The van der Waals surface area contributed by atoms with E-state index in [0.717, 1.165) is 5.56 Å². The summed E-state index contributed by atoms with van der Waals surface area (Å²) >= 11 is 3.28. The number of hydrogen-bond acceptors (Lipinski definition) is 3. The second-order valence-electron chi connectivity index (χ2n) is 3.47. The maximum atomic E-state index is 11.8. The molecule has 0 radical (unpaired) electrons. The number of benzene rings is 1. The molecule has 1 aromatic carbocycles. The fourth-order valence-electron chi connectivity index (χ4n) is 1.21. The molecule has 100 valence electrons. The SMILES string of the molecule is NC(=O)NCCNS(=O)(=O)c1ccc(CBr)cc1. The summed E-state index contributed by atoms with van der Waals surface area (Å²) in [6.45, 7) is 0.236. The number of primary amides is 1. The van der Waals surface area contributed by atoms with Gasteiger partial charge in [-0.2, -0.15) is 0 Å². The fraction of sp³-hybridized carbons (Fsp3) is 0.300. The van der Waals surface area contributed by atoms with Gasteiger partial charge in [-0.25, -0.2) is 17.9 Å². The van der Waals surface area contributed by atoms with E-state index in [2.05, 4.69) is 26.0 Å². The van der Waals surface area contributed by atoms with Crippen molar-refractivity contribution in [1.82, 2.24) is 10.0 Å². The Morgan fingerprint density at radius 3 is 2.33 bits per heavy atom. The number of alkyl halides is 1. The van der Waals surface area contributed by atoms with E-state index in [4.69, 9.17) is 5.73 Å². The van der Waals surface area contributed by atoms with E-state index in [1.807, 2.05) is 0 Å². The molecule has 8 heteroatoms. The molecule has 0 aromatic heterocycles. The highest BCUT2D eigenvalue weighted by molar-refractivity contribution is 9.08. The standard InChI is InChI=1S/C10H14BrN3O3S/c11-7-8-1-3-9(4-2-8)18(16,17)14-6-5-13-10(12)15/h1-4,14H,5-7H2,(H3,12,13,15). The topological polar surface area (TPSA) is 101 Å². The molecule has 0 heterocycles. The number of nitrogens with two attached hydrogens (primary N) is 1. The molecular weight excluding hydrogens is 322 g/mol. The van der Waals surface area contributed by atoms with Crippen molar-refractivity contribution in [3.8, 4) is 0 Å². The lowest BCUT2D eigenvalue weighted by Crippen LogP contribution is -2.37. The van der Waals surface area contributed by atoms with Gasteiger partial charge < -0.3 is 11.1 Å². The number of carbonyl (C=O) groups excluding carboxylic acids is 1. The van der Waals surface area contributed by atoms with Crippen LogP contribution in [0.25, 0.3) is 0 Å². The minimum atomic E-state index is -3.54. The maximum absolute atomic E-state index is 11.8. The Morgan fingerprint density at radius 1 is 1.22 bits per heavy atom. The number of nitrogens with one attached hydrogen (secondary N) is 2. The Labute approximate surface area is 114 Å². The van der Waals surface area contributed by atoms with Crippen LogP contribution in [0, 0.1) is 0 Å². The summed E-state index contributed by atoms with van der Waals surface area (Å²) in [6, 6.07) is 5.83. The molecule has 0 saturated carbocycles. The van der Waals surface area contributed by atoms with E-state index < -0.39 is 16.1 Å². The highest BCUT2D eigenvalue weighted by Gasteiger charge is 2.12. The maximum Gasteiger partial charge on any atom is 0.312 e. The molecule has 0 bridgehead atoms. The van der Waals surface area contributed by atoms with Crippen LogP contribution in [-0.4, -0.2) is 27.5 Å². The third kappa shape index (κ3) is 4.63. The number of amides is 2. The second kappa shape index (κ2) is 6.72. The van der Waals surface area contributed by atoms with Gasteiger partial charge in [-0.15, -0.1) is 0 Å². The molecule has 4 N–H and O–H groups in total. The van der Waals surface area contributed by atoms with Crippen molar-refractivity contribution in [3.05, 3.63) is 29.8 Å². The van der Waals surface area contributed by atoms with Crippen molar-refractivity contribution < 1.29 is 13.2 Å². The molecule has 0 aliphatic heterocycles. The van der Waals surface area contributed by atoms with Crippen LogP contribution in [0.3, 0.4) is 0 Å². The number of carbonyl (C=O) groups is 1. The molecule has 0 unspecified atom stereocenters. The molecule has 1 aromatic rings. The average Bonchev–Trinajstić information content (AvgIpc) is 2.34. The molecule has 6 nitrogen and oxygen atoms in total. The lowest BCUT2D eigenvalue weighted by Gasteiger charge is -2.07. The van der Waals surface area contributed by atoms with Gasteiger partial charge in [0.2, 0.25) is 10.0 Å². The van der Waals surface area contributed by atoms with E-state index in [-0.39, 0.29) is 18.0 Å². The van der Waals surface area contributed by atoms with Gasteiger partial charge in [0.15, 0.2) is 0 Å². The first-order valence-electron chi connectivity index (χ1n) is 5.13. The van der Waals surface area contributed by atoms with E-state index >= 15 is 0 Å². The normalized spacial score (nSPS) is 11.2. The molecule has 0 atom stereocenters. The van der Waals surface area contributed by atoms with E-state index in [1.54, 1.807) is 12.1 Å². The summed E-state index contributed by atoms with van der Waals surface area (Å²) in [5, 5.41) is 2.96. The highest BCUT2D eigenvalue weighted by Crippen LogP contribution is 2.12. The highest BCUT2D eigenvalue weighted by atomic mass is 79.9. The molecule has 0 spiro atoms. The number of sulfonamides is 1. The van der Waals surface area contributed by atoms with Gasteiger partial charge >= 0.3 is 6.03 Å². The van der Waals surface area contributed by atoms with Gasteiger partial charge in [0.05, 0.1) is 4.90 Å². The first-order valence-corrected chi connectivity index (χ1v) is 7.74. The van der Waals surface area contributed by atoms with Crippen molar-refractivity contribution in [1.29, 1.82) is 0 Å². The Morgan fingerprint density at radius 2 is 1.83 bits per heavy atom. The third-order valence-electron chi connectivity index (χ3n) is 2.10. The van der Waals surface area contributed by atoms with Gasteiger partial charge in [0.1, 0.15) is 0 Å². The third-order valence-corrected chi connectivity index (χ3v) is 4.23. The van der Waals surface area contributed by atoms with Crippen molar-refractivity contribution in [2.24, 2.45) is 5.73 Å². The largest absolute Gasteiger partial charge is 0.352 e. The molecule has 0 aliphatic carbocycles. The molecule has 18 heavy (non-hydrogen) atoms. The molecule has 1 rings (SSSR count). The average molecular weight is 336 g/mol. The Balaban J connectivity index is 2.59. The zero-order valence-electron chi connectivity index (χ0n) is 9.52. The van der Waals surface area contributed by atoms with Crippen LogP contribution >= 0.6 is 15.9 Å². The van der Waals surface area contributed by atoms with Crippen LogP contribution < -0.4 is 15.8 Å². The number of urea groups is 1. The van der Waals surface area contributed by atoms with Gasteiger partial charge in [0, 0.05) is 18.4 Å². The quantitative estimate of drug-likeness (QED) is 0.522. The van der Waals surface area contributed by atoms with Crippen LogP contribution in [0.4, 0.5) is 4.79 Å². The summed E-state index contributed by atoms with van der Waals surface area (Å²) in [7, 11) is -3.54. The second-order valence-corrected chi connectivity index (χ2v) is 5.79. The van der Waals surface area contributed by atoms with Crippen LogP contribution in [0.15, 0.2) is 29.2 Å². The summed E-state index contributed by atoms with van der Waals surface area (Å²) in [4.78, 5) is 10.6. The fourth-order valence-corrected chi connectivity index (χ4v) is 2.62. The molecule has 0 aliphatic rings. The summed E-state index contributed by atoms with van der Waals surface area (Å²) in [6.07, 6.45) is 0. The predicted molar refractivity (Wildman–Crippen MR) is 71.8 cm³/mol. The smallest absolute Gasteiger partial charge is 0.312 e. The lowest BCUT2D eigenvalue weighted by atomic mass is 10.2. The van der Waals surface area contributed by atoms with Crippen molar-refractivity contribution in [3.63, 3.8) is 0 Å². The Kier molecular flexibility index (Phi) is 5.57. The summed E-state index contributed by atoms with van der Waals surface area (Å²) in [5.74, 6) is 0. The van der Waals surface area contributed by atoms with Gasteiger partial charge in [-0.3, -0.25) is 0 Å². The minimum Gasteiger partial charge on any atom is -0.352 e. The first-order chi connectivity index (χ1) is 8.45. The predicted octanol–water partition coefficient (Wildman–Crippen LogP) is 0.528. The van der Waals surface area contributed by atoms with E-state index in [1.165, 1.54) is 12.1 Å². The van der Waals surface area contributed by atoms with Crippen molar-refractivity contribution >= 4 is 32.0 Å². The Bertz CT molecular complexity index is 502. The van der Waals surface area contributed by atoms with Crippen LogP contribution in [0.5, 0.6) is 0 Å². The van der Waals surface area contributed by atoms with Crippen LogP contribution in [0.2, 0.25) is 0 Å². The molecule has 0 fully saturated rings. The number of halogens is 1. The van der Waals surface area contributed by atoms with Gasteiger partial charge in [-0.1, -0.05) is 28.1 Å². The lowest BCUT2D eigenvalue weighted by molar-refractivity contribution is 0.249. The zero-order chi connectivity index (χ0) is 13.6. The van der Waals surface area contributed by atoms with Crippen LogP contribution in [-0.2, 0) is 15.4 Å². The monoisotopic (exact) mass is 335 g/mol. The summed E-state index contributed by atoms with van der Waals surface area (Å²) in [5.41, 5.74) is 5.84. The van der Waals surface area contributed by atoms with Gasteiger partial charge in [-0.05, 0) is 17.7 Å². The first kappa shape index (κ1) is 14.9. The zero-order valence-corrected chi connectivity index (χ0v) is 11.9. The number of rotatable bonds is 6. The van der Waals surface area contributed by atoms with Crippen molar-refractivity contribution in [2.75, 3.05) is 13.1 Å². The summed E-state index contributed by atoms with van der Waals surface area (Å²) < 4.78 is 26.0. The molecule has 0 saturated heterocycles. The molecular formula is C10H14BrN3O3S. The minimum absolute atomic E-state index is 0.0888. The molecule has 2 amide bonds.